The summed E-state index contributed by atoms with van der Waals surface area (Å²) < 4.78 is 13.0. The van der Waals surface area contributed by atoms with Gasteiger partial charge in [-0.3, -0.25) is 0 Å². The van der Waals surface area contributed by atoms with E-state index < -0.39 is 11.9 Å². The van der Waals surface area contributed by atoms with Gasteiger partial charge in [-0.1, -0.05) is 6.07 Å². The smallest absolute Gasteiger partial charge is 0.165 e. The highest BCUT2D eigenvalue weighted by atomic mass is 19.1. The third-order valence-corrected chi connectivity index (χ3v) is 2.23. The maximum Gasteiger partial charge on any atom is 0.165 e. The minimum Gasteiger partial charge on any atom is -0.505 e. The first-order valence-electron chi connectivity index (χ1n) is 4.51. The number of hydrogen-bond acceptors (Lipinski definition) is 3. The third kappa shape index (κ3) is 2.02. The lowest BCUT2D eigenvalue weighted by atomic mass is 9.98. The van der Waals surface area contributed by atoms with Crippen molar-refractivity contribution in [3.05, 3.63) is 29.1 Å². The molecule has 0 unspecified atom stereocenters. The Bertz CT molecular complexity index is 328. The molecule has 0 aliphatic heterocycles. The van der Waals surface area contributed by atoms with Crippen molar-refractivity contribution in [1.82, 2.24) is 0 Å². The van der Waals surface area contributed by atoms with Crippen molar-refractivity contribution in [3.8, 4) is 5.75 Å². The third-order valence-electron chi connectivity index (χ3n) is 2.23. The summed E-state index contributed by atoms with van der Waals surface area (Å²) in [6.45, 7) is 2.20. The standard InChI is InChI=1S/C10H15FN2O/c1-6-2-3-7(11)10(14)9(6)8(13)4-5-12/h2-3,8,14H,4-5,12-13H2,1H3/t8-/m1/s1. The molecule has 5 N–H and O–H groups in total. The number of benzene rings is 1. The average Bonchev–Trinajstić information content (AvgIpc) is 2.13. The van der Waals surface area contributed by atoms with Crippen LogP contribution in [0.15, 0.2) is 12.1 Å². The largest absolute Gasteiger partial charge is 0.505 e. The highest BCUT2D eigenvalue weighted by Crippen LogP contribution is 2.30. The molecule has 1 aromatic rings. The molecule has 1 rings (SSSR count). The second kappa shape index (κ2) is 4.39. The Morgan fingerprint density at radius 2 is 2.14 bits per heavy atom. The van der Waals surface area contributed by atoms with Crippen molar-refractivity contribution in [3.63, 3.8) is 0 Å². The number of phenols is 1. The number of phenolic OH excluding ortho intramolecular Hbond substituents is 1. The molecule has 0 fully saturated rings. The minimum absolute atomic E-state index is 0.356. The van der Waals surface area contributed by atoms with Gasteiger partial charge in [-0.15, -0.1) is 0 Å². The topological polar surface area (TPSA) is 72.3 Å². The second-order valence-electron chi connectivity index (χ2n) is 3.31. The van der Waals surface area contributed by atoms with Gasteiger partial charge in [0.1, 0.15) is 0 Å². The second-order valence-corrected chi connectivity index (χ2v) is 3.31. The molecule has 1 atom stereocenters. The first kappa shape index (κ1) is 10.9. The molecule has 0 spiro atoms. The lowest BCUT2D eigenvalue weighted by Crippen LogP contribution is -2.16. The molecule has 0 amide bonds. The first-order valence-corrected chi connectivity index (χ1v) is 4.51. The Hall–Kier alpha value is -1.13. The van der Waals surface area contributed by atoms with Crippen LogP contribution in [-0.4, -0.2) is 11.7 Å². The van der Waals surface area contributed by atoms with Crippen LogP contribution in [0.3, 0.4) is 0 Å². The lowest BCUT2D eigenvalue weighted by Gasteiger charge is -2.15. The van der Waals surface area contributed by atoms with Crippen molar-refractivity contribution in [1.29, 1.82) is 0 Å². The van der Waals surface area contributed by atoms with Gasteiger partial charge in [0.25, 0.3) is 0 Å². The van der Waals surface area contributed by atoms with E-state index in [1.807, 2.05) is 0 Å². The molecule has 0 saturated carbocycles. The van der Waals surface area contributed by atoms with Crippen LogP contribution in [-0.2, 0) is 0 Å². The maximum absolute atomic E-state index is 13.0. The summed E-state index contributed by atoms with van der Waals surface area (Å²) in [4.78, 5) is 0. The van der Waals surface area contributed by atoms with Crippen LogP contribution in [0.25, 0.3) is 0 Å². The Labute approximate surface area is 82.5 Å². The summed E-state index contributed by atoms with van der Waals surface area (Å²) >= 11 is 0. The van der Waals surface area contributed by atoms with Crippen LogP contribution >= 0.6 is 0 Å². The Balaban J connectivity index is 3.11. The predicted molar refractivity (Wildman–Crippen MR) is 53.4 cm³/mol. The maximum atomic E-state index is 13.0. The van der Waals surface area contributed by atoms with Crippen LogP contribution < -0.4 is 11.5 Å². The van der Waals surface area contributed by atoms with E-state index in [0.717, 1.165) is 5.56 Å². The van der Waals surface area contributed by atoms with Gasteiger partial charge in [-0.25, -0.2) is 4.39 Å². The van der Waals surface area contributed by atoms with Crippen molar-refractivity contribution >= 4 is 0 Å². The zero-order valence-electron chi connectivity index (χ0n) is 8.13. The Morgan fingerprint density at radius 3 is 2.71 bits per heavy atom. The van der Waals surface area contributed by atoms with Crippen LogP contribution in [0.4, 0.5) is 4.39 Å². The number of hydrogen-bond donors (Lipinski definition) is 3. The molecule has 0 aliphatic rings. The van der Waals surface area contributed by atoms with Crippen molar-refractivity contribution < 1.29 is 9.50 Å². The molecule has 0 aromatic heterocycles. The number of rotatable bonds is 3. The van der Waals surface area contributed by atoms with E-state index in [1.165, 1.54) is 6.07 Å². The van der Waals surface area contributed by atoms with Crippen LogP contribution in [0.1, 0.15) is 23.6 Å². The van der Waals surface area contributed by atoms with E-state index in [-0.39, 0.29) is 5.75 Å². The van der Waals surface area contributed by atoms with Gasteiger partial charge >= 0.3 is 0 Å². The normalized spacial score (nSPS) is 12.9. The molecule has 0 heterocycles. The molecule has 0 aliphatic carbocycles. The SMILES string of the molecule is Cc1ccc(F)c(O)c1[C@H](N)CCN. The van der Waals surface area contributed by atoms with Gasteiger partial charge in [0.05, 0.1) is 0 Å². The summed E-state index contributed by atoms with van der Waals surface area (Å²) in [5, 5.41) is 9.48. The van der Waals surface area contributed by atoms with Crippen LogP contribution in [0.5, 0.6) is 5.75 Å². The summed E-state index contributed by atoms with van der Waals surface area (Å²) in [6, 6.07) is 2.42. The summed E-state index contributed by atoms with van der Waals surface area (Å²) in [6.07, 6.45) is 0.526. The highest BCUT2D eigenvalue weighted by Gasteiger charge is 2.16. The fourth-order valence-corrected chi connectivity index (χ4v) is 1.47. The van der Waals surface area contributed by atoms with Gasteiger partial charge in [0.15, 0.2) is 11.6 Å². The Kier molecular flexibility index (Phi) is 3.43. The van der Waals surface area contributed by atoms with Crippen molar-refractivity contribution in [2.24, 2.45) is 11.5 Å². The zero-order chi connectivity index (χ0) is 10.7. The molecule has 0 bridgehead atoms. The fourth-order valence-electron chi connectivity index (χ4n) is 1.47. The van der Waals surface area contributed by atoms with Crippen LogP contribution in [0, 0.1) is 12.7 Å². The van der Waals surface area contributed by atoms with Gasteiger partial charge in [0, 0.05) is 11.6 Å². The van der Waals surface area contributed by atoms with Crippen molar-refractivity contribution in [2.75, 3.05) is 6.54 Å². The number of nitrogens with two attached hydrogens (primary N) is 2. The van der Waals surface area contributed by atoms with E-state index in [4.69, 9.17) is 11.5 Å². The van der Waals surface area contributed by atoms with Gasteiger partial charge < -0.3 is 16.6 Å². The van der Waals surface area contributed by atoms with Crippen molar-refractivity contribution in [2.45, 2.75) is 19.4 Å². The van der Waals surface area contributed by atoms with E-state index in [1.54, 1.807) is 13.0 Å². The Morgan fingerprint density at radius 1 is 1.50 bits per heavy atom. The molecular formula is C10H15FN2O. The van der Waals surface area contributed by atoms with Crippen LogP contribution in [0.2, 0.25) is 0 Å². The van der Waals surface area contributed by atoms with E-state index in [0.29, 0.717) is 18.5 Å². The molecule has 4 heteroatoms. The summed E-state index contributed by atoms with van der Waals surface area (Å²) in [5.41, 5.74) is 12.4. The average molecular weight is 198 g/mol. The minimum atomic E-state index is -0.641. The fraction of sp³-hybridized carbons (Fsp3) is 0.400. The van der Waals surface area contributed by atoms with E-state index >= 15 is 0 Å². The number of halogens is 1. The highest BCUT2D eigenvalue weighted by molar-refractivity contribution is 5.41. The zero-order valence-corrected chi connectivity index (χ0v) is 8.13. The monoisotopic (exact) mass is 198 g/mol. The molecule has 3 nitrogen and oxygen atoms in total. The number of aromatic hydroxyl groups is 1. The summed E-state index contributed by atoms with van der Waals surface area (Å²) in [7, 11) is 0. The molecule has 78 valence electrons. The number of aryl methyl sites for hydroxylation is 1. The van der Waals surface area contributed by atoms with Gasteiger partial charge in [0.2, 0.25) is 0 Å². The first-order chi connectivity index (χ1) is 6.57. The van der Waals surface area contributed by atoms with Gasteiger partial charge in [-0.05, 0) is 31.5 Å². The van der Waals surface area contributed by atoms with E-state index in [2.05, 4.69) is 0 Å². The quantitative estimate of drug-likeness (QED) is 0.683. The molecule has 14 heavy (non-hydrogen) atoms. The lowest BCUT2D eigenvalue weighted by molar-refractivity contribution is 0.418. The van der Waals surface area contributed by atoms with Gasteiger partial charge in [-0.2, -0.15) is 0 Å². The predicted octanol–water partition coefficient (Wildman–Crippen LogP) is 1.19. The molecule has 0 saturated heterocycles. The molecule has 1 aromatic carbocycles. The molecular weight excluding hydrogens is 183 g/mol. The summed E-state index contributed by atoms with van der Waals surface area (Å²) in [5.74, 6) is -0.996. The molecule has 0 radical (unpaired) electrons. The van der Waals surface area contributed by atoms with E-state index in [9.17, 15) is 9.50 Å².